The second kappa shape index (κ2) is 4.15. The van der Waals surface area contributed by atoms with Crippen molar-refractivity contribution in [1.82, 2.24) is 4.72 Å². The topological polar surface area (TPSA) is 46.2 Å². The molecule has 13 heavy (non-hydrogen) atoms. The summed E-state index contributed by atoms with van der Waals surface area (Å²) in [6, 6.07) is 0. The average Bonchev–Trinajstić information content (AvgIpc) is 1.97. The van der Waals surface area contributed by atoms with Gasteiger partial charge in [0.15, 0.2) is 0 Å². The second-order valence-electron chi connectivity index (χ2n) is 3.69. The lowest BCUT2D eigenvalue weighted by molar-refractivity contribution is 0.252. The van der Waals surface area contributed by atoms with E-state index in [0.29, 0.717) is 12.3 Å². The van der Waals surface area contributed by atoms with E-state index in [2.05, 4.69) is 4.72 Å². The van der Waals surface area contributed by atoms with E-state index in [0.717, 1.165) is 19.3 Å². The molecule has 0 spiro atoms. The first-order chi connectivity index (χ1) is 6.04. The molecule has 0 heterocycles. The Morgan fingerprint density at radius 1 is 1.46 bits per heavy atom. The van der Waals surface area contributed by atoms with Crippen molar-refractivity contribution in [2.45, 2.75) is 38.1 Å². The van der Waals surface area contributed by atoms with E-state index in [1.807, 2.05) is 6.92 Å². The highest BCUT2D eigenvalue weighted by molar-refractivity contribution is 7.89. The smallest absolute Gasteiger partial charge is 0.212 e. The molecule has 0 saturated heterocycles. The maximum Gasteiger partial charge on any atom is 0.212 e. The van der Waals surface area contributed by atoms with Crippen LogP contribution in [0, 0.1) is 0 Å². The van der Waals surface area contributed by atoms with Gasteiger partial charge in [-0.3, -0.25) is 0 Å². The summed E-state index contributed by atoms with van der Waals surface area (Å²) in [5.41, 5.74) is -0.324. The van der Waals surface area contributed by atoms with E-state index in [1.54, 1.807) is 0 Å². The summed E-state index contributed by atoms with van der Waals surface area (Å²) in [6.45, 7) is 1.85. The summed E-state index contributed by atoms with van der Waals surface area (Å²) in [7, 11) is -3.10. The Morgan fingerprint density at radius 3 is 2.38 bits per heavy atom. The van der Waals surface area contributed by atoms with Crippen LogP contribution in [-0.2, 0) is 10.0 Å². The van der Waals surface area contributed by atoms with Crippen LogP contribution >= 0.6 is 11.6 Å². The van der Waals surface area contributed by atoms with E-state index in [9.17, 15) is 8.42 Å². The third-order valence-electron chi connectivity index (χ3n) is 2.41. The first-order valence-corrected chi connectivity index (χ1v) is 6.80. The lowest BCUT2D eigenvalue weighted by Gasteiger charge is -2.40. The molecule has 0 amide bonds. The quantitative estimate of drug-likeness (QED) is 0.721. The standard InChI is InChI=1S/C8H16ClNO2S/c1-2-6-13(11,12)10-8(7-9)4-3-5-8/h10H,2-7H2,1H3. The van der Waals surface area contributed by atoms with Gasteiger partial charge in [-0.1, -0.05) is 6.92 Å². The Morgan fingerprint density at radius 2 is 2.08 bits per heavy atom. The van der Waals surface area contributed by atoms with E-state index < -0.39 is 10.0 Å². The van der Waals surface area contributed by atoms with Gasteiger partial charge in [-0.2, -0.15) is 0 Å². The third kappa shape index (κ3) is 2.82. The fraction of sp³-hybridized carbons (Fsp3) is 1.00. The first kappa shape index (κ1) is 11.3. The van der Waals surface area contributed by atoms with E-state index in [1.165, 1.54) is 0 Å². The Hall–Kier alpha value is 0.200. The molecule has 1 rings (SSSR count). The molecule has 1 fully saturated rings. The van der Waals surface area contributed by atoms with Gasteiger partial charge in [0, 0.05) is 11.4 Å². The van der Waals surface area contributed by atoms with Crippen molar-refractivity contribution >= 4 is 21.6 Å². The van der Waals surface area contributed by atoms with E-state index in [4.69, 9.17) is 11.6 Å². The van der Waals surface area contributed by atoms with E-state index >= 15 is 0 Å². The molecule has 0 aromatic heterocycles. The number of hydrogen-bond acceptors (Lipinski definition) is 2. The van der Waals surface area contributed by atoms with Gasteiger partial charge < -0.3 is 0 Å². The number of alkyl halides is 1. The van der Waals surface area contributed by atoms with Crippen molar-refractivity contribution in [3.63, 3.8) is 0 Å². The molecule has 0 aromatic carbocycles. The maximum absolute atomic E-state index is 11.4. The lowest BCUT2D eigenvalue weighted by atomic mass is 9.79. The Bertz CT molecular complexity index is 254. The Labute approximate surface area is 84.9 Å². The van der Waals surface area contributed by atoms with Crippen LogP contribution in [0.3, 0.4) is 0 Å². The molecular weight excluding hydrogens is 210 g/mol. The Kier molecular flexibility index (Phi) is 3.60. The van der Waals surface area contributed by atoms with Crippen molar-refractivity contribution in [2.24, 2.45) is 0 Å². The van der Waals surface area contributed by atoms with Crippen LogP contribution in [0.2, 0.25) is 0 Å². The molecule has 0 unspecified atom stereocenters. The fourth-order valence-electron chi connectivity index (χ4n) is 1.52. The highest BCUT2D eigenvalue weighted by Crippen LogP contribution is 2.33. The molecule has 1 aliphatic rings. The van der Waals surface area contributed by atoms with Gasteiger partial charge in [0.1, 0.15) is 0 Å². The molecule has 0 radical (unpaired) electrons. The number of nitrogens with one attached hydrogen (secondary N) is 1. The largest absolute Gasteiger partial charge is 0.212 e. The van der Waals surface area contributed by atoms with Gasteiger partial charge in [-0.05, 0) is 25.7 Å². The molecule has 0 aliphatic heterocycles. The molecule has 3 nitrogen and oxygen atoms in total. The summed E-state index contributed by atoms with van der Waals surface area (Å²) in [6.07, 6.45) is 3.47. The van der Waals surface area contributed by atoms with Gasteiger partial charge >= 0.3 is 0 Å². The SMILES string of the molecule is CCCS(=O)(=O)NC1(CCl)CCC1. The number of halogens is 1. The molecule has 1 aliphatic carbocycles. The van der Waals surface area contributed by atoms with Crippen LogP contribution in [-0.4, -0.2) is 25.6 Å². The molecular formula is C8H16ClNO2S. The van der Waals surface area contributed by atoms with Gasteiger partial charge in [0.25, 0.3) is 0 Å². The number of hydrogen-bond donors (Lipinski definition) is 1. The van der Waals surface area contributed by atoms with E-state index in [-0.39, 0.29) is 11.3 Å². The molecule has 78 valence electrons. The molecule has 0 atom stereocenters. The lowest BCUT2D eigenvalue weighted by Crippen LogP contribution is -2.55. The van der Waals surface area contributed by atoms with Crippen LogP contribution in [0.1, 0.15) is 32.6 Å². The zero-order chi connectivity index (χ0) is 9.95. The zero-order valence-corrected chi connectivity index (χ0v) is 9.42. The summed E-state index contributed by atoms with van der Waals surface area (Å²) >= 11 is 5.74. The monoisotopic (exact) mass is 225 g/mol. The minimum atomic E-state index is -3.10. The number of rotatable bonds is 5. The van der Waals surface area contributed by atoms with Crippen LogP contribution in [0.4, 0.5) is 0 Å². The minimum Gasteiger partial charge on any atom is -0.212 e. The van der Waals surface area contributed by atoms with Gasteiger partial charge in [0.05, 0.1) is 5.75 Å². The van der Waals surface area contributed by atoms with Crippen LogP contribution < -0.4 is 4.72 Å². The van der Waals surface area contributed by atoms with Crippen molar-refractivity contribution in [2.75, 3.05) is 11.6 Å². The average molecular weight is 226 g/mol. The van der Waals surface area contributed by atoms with Crippen LogP contribution in [0.5, 0.6) is 0 Å². The summed E-state index contributed by atoms with van der Waals surface area (Å²) in [5, 5.41) is 0. The summed E-state index contributed by atoms with van der Waals surface area (Å²) < 4.78 is 25.6. The molecule has 0 aromatic rings. The third-order valence-corrected chi connectivity index (χ3v) is 4.61. The van der Waals surface area contributed by atoms with Crippen molar-refractivity contribution in [1.29, 1.82) is 0 Å². The van der Waals surface area contributed by atoms with Crippen molar-refractivity contribution < 1.29 is 8.42 Å². The predicted molar refractivity (Wildman–Crippen MR) is 54.5 cm³/mol. The first-order valence-electron chi connectivity index (χ1n) is 4.61. The Balaban J connectivity index is 2.56. The fourth-order valence-corrected chi connectivity index (χ4v) is 3.51. The minimum absolute atomic E-state index is 0.200. The molecule has 0 bridgehead atoms. The molecule has 1 N–H and O–H groups in total. The van der Waals surface area contributed by atoms with Crippen molar-refractivity contribution in [3.8, 4) is 0 Å². The predicted octanol–water partition coefficient (Wildman–Crippen LogP) is 1.48. The highest BCUT2D eigenvalue weighted by atomic mass is 35.5. The summed E-state index contributed by atoms with van der Waals surface area (Å²) in [5.74, 6) is 0.585. The maximum atomic E-state index is 11.4. The van der Waals surface area contributed by atoms with Crippen molar-refractivity contribution in [3.05, 3.63) is 0 Å². The molecule has 1 saturated carbocycles. The normalized spacial score (nSPS) is 21.1. The van der Waals surface area contributed by atoms with Gasteiger partial charge in [0.2, 0.25) is 10.0 Å². The van der Waals surface area contributed by atoms with Gasteiger partial charge in [-0.15, -0.1) is 11.6 Å². The number of sulfonamides is 1. The summed E-state index contributed by atoms with van der Waals surface area (Å²) in [4.78, 5) is 0. The second-order valence-corrected chi connectivity index (χ2v) is 5.80. The highest BCUT2D eigenvalue weighted by Gasteiger charge is 2.39. The van der Waals surface area contributed by atoms with Crippen LogP contribution in [0.25, 0.3) is 0 Å². The van der Waals surface area contributed by atoms with Crippen LogP contribution in [0.15, 0.2) is 0 Å². The zero-order valence-electron chi connectivity index (χ0n) is 7.85. The molecule has 5 heteroatoms. The van der Waals surface area contributed by atoms with Gasteiger partial charge in [-0.25, -0.2) is 13.1 Å².